The van der Waals surface area contributed by atoms with Crippen molar-refractivity contribution in [3.63, 3.8) is 0 Å². The molecule has 2 saturated heterocycles. The number of piperidine rings is 2. The van der Waals surface area contributed by atoms with Crippen molar-refractivity contribution in [2.45, 2.75) is 63.6 Å². The van der Waals surface area contributed by atoms with E-state index in [9.17, 15) is 17.6 Å². The first-order valence-electron chi connectivity index (χ1n) is 12.1. The second-order valence-corrected chi connectivity index (χ2v) is 11.4. The van der Waals surface area contributed by atoms with E-state index < -0.39 is 27.5 Å². The summed E-state index contributed by atoms with van der Waals surface area (Å²) < 4.78 is 55.1. The Labute approximate surface area is 205 Å². The largest absolute Gasteiger partial charge is 0.492 e. The fourth-order valence-electron chi connectivity index (χ4n) is 4.85. The second-order valence-electron chi connectivity index (χ2n) is 9.34. The van der Waals surface area contributed by atoms with Gasteiger partial charge in [-0.3, -0.25) is 4.79 Å². The number of ether oxygens (including phenoxy) is 2. The van der Waals surface area contributed by atoms with E-state index in [0.717, 1.165) is 63.7 Å². The van der Waals surface area contributed by atoms with Gasteiger partial charge in [-0.25, -0.2) is 9.11 Å². The summed E-state index contributed by atoms with van der Waals surface area (Å²) in [6.07, 6.45) is 7.66. The van der Waals surface area contributed by atoms with Gasteiger partial charge in [0, 0.05) is 19.2 Å². The molecule has 3 aliphatic rings. The number of nitrogens with one attached hydrogen (secondary N) is 2. The number of carbonyl (C=O) groups excluding carboxylic acids is 1. The maximum absolute atomic E-state index is 14.6. The van der Waals surface area contributed by atoms with E-state index in [-0.39, 0.29) is 36.1 Å². The number of rotatable bonds is 8. The highest BCUT2D eigenvalue weighted by Crippen LogP contribution is 2.31. The second kappa shape index (κ2) is 11.5. The molecular weight excluding hydrogens is 485 g/mol. The monoisotopic (exact) mass is 517 g/mol. The maximum atomic E-state index is 14.6. The van der Waals surface area contributed by atoms with Gasteiger partial charge in [0.25, 0.3) is 5.91 Å². The van der Waals surface area contributed by atoms with E-state index in [1.54, 1.807) is 0 Å². The van der Waals surface area contributed by atoms with E-state index >= 15 is 0 Å². The highest BCUT2D eigenvalue weighted by atomic mass is 35.5. The molecule has 0 bridgehead atoms. The summed E-state index contributed by atoms with van der Waals surface area (Å²) in [6.45, 7) is 2.76. The molecule has 0 atom stereocenters. The quantitative estimate of drug-likeness (QED) is 0.549. The number of amides is 1. The molecule has 0 radical (unpaired) electrons. The van der Waals surface area contributed by atoms with Crippen molar-refractivity contribution in [1.29, 1.82) is 0 Å². The Morgan fingerprint density at radius 3 is 2.41 bits per heavy atom. The molecule has 2 N–H and O–H groups in total. The molecule has 0 spiro atoms. The average molecular weight is 518 g/mol. The van der Waals surface area contributed by atoms with Crippen molar-refractivity contribution in [1.82, 2.24) is 14.3 Å². The normalized spacial score (nSPS) is 21.6. The standard InChI is InChI=1S/C23H33ClFN3O5S/c24-20-13-19(21(25)14-22(20)32-15-16-3-1-2-4-16)23(29)27-34(30,31)28-11-7-18(8-12-28)33-17-5-9-26-10-6-17/h13-14,16-18,26H,1-12,15H2,(H,27,29). The van der Waals surface area contributed by atoms with Gasteiger partial charge in [0.15, 0.2) is 0 Å². The Morgan fingerprint density at radius 2 is 1.74 bits per heavy atom. The van der Waals surface area contributed by atoms with Crippen LogP contribution < -0.4 is 14.8 Å². The van der Waals surface area contributed by atoms with Gasteiger partial charge < -0.3 is 14.8 Å². The van der Waals surface area contributed by atoms with Crippen molar-refractivity contribution in [3.8, 4) is 5.75 Å². The predicted molar refractivity (Wildman–Crippen MR) is 127 cm³/mol. The minimum absolute atomic E-state index is 0.00159. The number of carbonyl (C=O) groups is 1. The van der Waals surface area contributed by atoms with Gasteiger partial charge in [0.1, 0.15) is 11.6 Å². The molecule has 190 valence electrons. The first kappa shape index (κ1) is 25.6. The molecule has 0 unspecified atom stereocenters. The van der Waals surface area contributed by atoms with Crippen LogP contribution >= 0.6 is 11.6 Å². The van der Waals surface area contributed by atoms with Gasteiger partial charge in [-0.05, 0) is 63.6 Å². The van der Waals surface area contributed by atoms with E-state index in [1.165, 1.54) is 4.31 Å². The zero-order valence-corrected chi connectivity index (χ0v) is 20.8. The lowest BCUT2D eigenvalue weighted by molar-refractivity contribution is -0.0457. The van der Waals surface area contributed by atoms with E-state index in [1.807, 2.05) is 4.72 Å². The molecule has 34 heavy (non-hydrogen) atoms. The number of halogens is 2. The molecular formula is C23H33ClFN3O5S. The Balaban J connectivity index is 1.31. The summed E-state index contributed by atoms with van der Waals surface area (Å²) in [5.74, 6) is -1.37. The first-order valence-corrected chi connectivity index (χ1v) is 13.9. The summed E-state index contributed by atoms with van der Waals surface area (Å²) in [7, 11) is -4.12. The zero-order chi connectivity index (χ0) is 24.1. The fourth-order valence-corrected chi connectivity index (χ4v) is 6.23. The topological polar surface area (TPSA) is 97.0 Å². The number of hydrogen-bond donors (Lipinski definition) is 2. The van der Waals surface area contributed by atoms with Crippen LogP contribution in [0.25, 0.3) is 0 Å². The van der Waals surface area contributed by atoms with Gasteiger partial charge in [-0.15, -0.1) is 0 Å². The minimum Gasteiger partial charge on any atom is -0.492 e. The lowest BCUT2D eigenvalue weighted by Gasteiger charge is -2.34. The van der Waals surface area contributed by atoms with Crippen molar-refractivity contribution in [3.05, 3.63) is 28.5 Å². The lowest BCUT2D eigenvalue weighted by atomic mass is 10.1. The molecule has 1 saturated carbocycles. The minimum atomic E-state index is -4.12. The Morgan fingerprint density at radius 1 is 1.09 bits per heavy atom. The highest BCUT2D eigenvalue weighted by molar-refractivity contribution is 7.87. The van der Waals surface area contributed by atoms with Crippen molar-refractivity contribution >= 4 is 27.7 Å². The van der Waals surface area contributed by atoms with Gasteiger partial charge >= 0.3 is 10.2 Å². The van der Waals surface area contributed by atoms with Crippen LogP contribution in [0, 0.1) is 11.7 Å². The van der Waals surface area contributed by atoms with Gasteiger partial charge in [0.05, 0.1) is 29.4 Å². The average Bonchev–Trinajstić information content (AvgIpc) is 3.34. The predicted octanol–water partition coefficient (Wildman–Crippen LogP) is 3.26. The molecule has 2 heterocycles. The van der Waals surface area contributed by atoms with Crippen molar-refractivity contribution in [2.75, 3.05) is 32.8 Å². The van der Waals surface area contributed by atoms with Gasteiger partial charge in [-0.1, -0.05) is 24.4 Å². The number of hydrogen-bond acceptors (Lipinski definition) is 6. The van der Waals surface area contributed by atoms with Crippen molar-refractivity contribution < 1.29 is 27.1 Å². The van der Waals surface area contributed by atoms with Crippen LogP contribution in [0.4, 0.5) is 4.39 Å². The fraction of sp³-hybridized carbons (Fsp3) is 0.696. The molecule has 4 rings (SSSR count). The van der Waals surface area contributed by atoms with Crippen LogP contribution in [-0.4, -0.2) is 63.6 Å². The van der Waals surface area contributed by atoms with Crippen LogP contribution in [0.5, 0.6) is 5.75 Å². The molecule has 1 aromatic carbocycles. The maximum Gasteiger partial charge on any atom is 0.304 e. The SMILES string of the molecule is O=C(NS(=O)(=O)N1CCC(OC2CCNCC2)CC1)c1cc(Cl)c(OCC2CCCC2)cc1F. The molecule has 3 fully saturated rings. The van der Waals surface area contributed by atoms with Crippen LogP contribution in [0.2, 0.25) is 5.02 Å². The molecule has 2 aliphatic heterocycles. The van der Waals surface area contributed by atoms with Crippen molar-refractivity contribution in [2.24, 2.45) is 5.92 Å². The molecule has 0 aromatic heterocycles. The van der Waals surface area contributed by atoms with Crippen LogP contribution in [-0.2, 0) is 14.9 Å². The summed E-state index contributed by atoms with van der Waals surface area (Å²) in [4.78, 5) is 12.6. The third-order valence-electron chi connectivity index (χ3n) is 6.85. The third-order valence-corrected chi connectivity index (χ3v) is 8.63. The van der Waals surface area contributed by atoms with Crippen LogP contribution in [0.3, 0.4) is 0 Å². The Kier molecular flexibility index (Phi) is 8.68. The summed E-state index contributed by atoms with van der Waals surface area (Å²) in [6, 6.07) is 2.16. The smallest absolute Gasteiger partial charge is 0.304 e. The number of nitrogens with zero attached hydrogens (tertiary/aromatic N) is 1. The highest BCUT2D eigenvalue weighted by Gasteiger charge is 2.32. The lowest BCUT2D eigenvalue weighted by Crippen LogP contribution is -2.48. The Hall–Kier alpha value is -1.46. The van der Waals surface area contributed by atoms with E-state index in [4.69, 9.17) is 21.1 Å². The van der Waals surface area contributed by atoms with Crippen LogP contribution in [0.1, 0.15) is 61.7 Å². The molecule has 1 aliphatic carbocycles. The molecule has 1 amide bonds. The summed E-state index contributed by atoms with van der Waals surface area (Å²) >= 11 is 6.20. The van der Waals surface area contributed by atoms with E-state index in [2.05, 4.69) is 5.32 Å². The van der Waals surface area contributed by atoms with Gasteiger partial charge in [-0.2, -0.15) is 12.7 Å². The van der Waals surface area contributed by atoms with Crippen LogP contribution in [0.15, 0.2) is 12.1 Å². The molecule has 11 heteroatoms. The molecule has 1 aromatic rings. The third kappa shape index (κ3) is 6.60. The molecule has 8 nitrogen and oxygen atoms in total. The first-order chi connectivity index (χ1) is 16.3. The summed E-state index contributed by atoms with van der Waals surface area (Å²) in [5.41, 5.74) is -0.439. The summed E-state index contributed by atoms with van der Waals surface area (Å²) in [5, 5.41) is 3.36. The Bertz CT molecular complexity index is 960. The van der Waals surface area contributed by atoms with E-state index in [0.29, 0.717) is 25.4 Å². The number of benzene rings is 1. The van der Waals surface area contributed by atoms with Gasteiger partial charge in [0.2, 0.25) is 0 Å². The zero-order valence-electron chi connectivity index (χ0n) is 19.2.